The van der Waals surface area contributed by atoms with Gasteiger partial charge < -0.3 is 27.6 Å². The van der Waals surface area contributed by atoms with Crippen LogP contribution in [0.3, 0.4) is 0 Å². The smallest absolute Gasteiger partial charge is 0.346 e. The highest BCUT2D eigenvalue weighted by Crippen LogP contribution is 2.47. The number of hydrogen-bond acceptors (Lipinski definition) is 7. The Balaban J connectivity index is 0.00000400. The average Bonchev–Trinajstić information content (AvgIpc) is 3.36. The summed E-state index contributed by atoms with van der Waals surface area (Å²) in [6.45, 7) is 3.88. The fourth-order valence-electron chi connectivity index (χ4n) is 3.87. The van der Waals surface area contributed by atoms with Gasteiger partial charge in [0.2, 0.25) is 0 Å². The van der Waals surface area contributed by atoms with Gasteiger partial charge in [-0.2, -0.15) is 0 Å². The molecule has 38 heavy (non-hydrogen) atoms. The van der Waals surface area contributed by atoms with Gasteiger partial charge in [-0.3, -0.25) is 0 Å². The molecule has 0 amide bonds. The van der Waals surface area contributed by atoms with Gasteiger partial charge in [0.15, 0.2) is 0 Å². The summed E-state index contributed by atoms with van der Waals surface area (Å²) < 4.78 is 10.6. The fourth-order valence-corrected chi connectivity index (χ4v) is 6.25. The number of anilines is 1. The van der Waals surface area contributed by atoms with E-state index in [0.29, 0.717) is 41.0 Å². The molecule has 0 radical (unpaired) electrons. The Morgan fingerprint density at radius 3 is 2.00 bits per heavy atom. The largest absolute Gasteiger partial charge is 1.00 e. The van der Waals surface area contributed by atoms with Crippen molar-refractivity contribution in [3.63, 3.8) is 0 Å². The van der Waals surface area contributed by atoms with Gasteiger partial charge in [0.25, 0.3) is 5.04 Å². The van der Waals surface area contributed by atoms with Crippen LogP contribution in [0.15, 0.2) is 59.0 Å². The van der Waals surface area contributed by atoms with Crippen molar-refractivity contribution in [3.05, 3.63) is 85.1 Å². The van der Waals surface area contributed by atoms with E-state index < -0.39 is 11.9 Å². The lowest BCUT2D eigenvalue weighted by Gasteiger charge is -2.09. The molecule has 0 saturated heterocycles. The molecule has 1 aliphatic heterocycles. The molecule has 3 aromatic rings. The van der Waals surface area contributed by atoms with Crippen molar-refractivity contribution >= 4 is 79.9 Å². The topological polar surface area (TPSA) is 104 Å². The highest BCUT2D eigenvalue weighted by molar-refractivity contribution is 8.18. The first-order valence-corrected chi connectivity index (χ1v) is 13.7. The van der Waals surface area contributed by atoms with E-state index in [4.69, 9.17) is 43.8 Å². The lowest BCUT2D eigenvalue weighted by Crippen LogP contribution is -3.00. The Hall–Kier alpha value is -2.75. The van der Waals surface area contributed by atoms with Crippen LogP contribution in [-0.2, 0) is 14.3 Å². The van der Waals surface area contributed by atoms with Crippen LogP contribution < -0.4 is 23.5 Å². The molecule has 0 bridgehead atoms. The molecule has 0 fully saturated rings. The molecule has 11 heteroatoms. The SMILES string of the molecule is CCOC(=O)C1=C(c2ccc(Cl)cc2)/C(=C\c2sc(N)c(C(=O)OCC)c2-c2ccc(Cl)cc2)SC1=[NH2+].[Cl-]. The molecule has 0 spiro atoms. The minimum absolute atomic E-state index is 0. The van der Waals surface area contributed by atoms with Crippen LogP contribution in [0, 0.1) is 0 Å². The number of hydrogen-bond donors (Lipinski definition) is 2. The number of thiophene rings is 1. The maximum atomic E-state index is 12.9. The number of benzene rings is 2. The molecular weight excluding hydrogens is 587 g/mol. The third-order valence-corrected chi connectivity index (χ3v) is 7.85. The normalized spacial score (nSPS) is 14.0. The molecule has 0 aliphatic carbocycles. The summed E-state index contributed by atoms with van der Waals surface area (Å²) in [4.78, 5) is 27.2. The molecule has 1 aromatic heterocycles. The van der Waals surface area contributed by atoms with Gasteiger partial charge in [-0.25, -0.2) is 15.0 Å². The second-order valence-electron chi connectivity index (χ2n) is 7.76. The van der Waals surface area contributed by atoms with Crippen molar-refractivity contribution < 1.29 is 36.9 Å². The zero-order chi connectivity index (χ0) is 26.7. The molecule has 4 rings (SSSR count). The summed E-state index contributed by atoms with van der Waals surface area (Å²) in [6, 6.07) is 14.2. The Morgan fingerprint density at radius 1 is 0.921 bits per heavy atom. The maximum absolute atomic E-state index is 12.9. The summed E-state index contributed by atoms with van der Waals surface area (Å²) in [7, 11) is 0. The lowest BCUT2D eigenvalue weighted by molar-refractivity contribution is -0.139. The Labute approximate surface area is 244 Å². The monoisotopic (exact) mass is 608 g/mol. The molecular formula is C27H23Cl3N2O4S2. The predicted octanol–water partition coefficient (Wildman–Crippen LogP) is 2.75. The molecule has 0 atom stereocenters. The number of carbonyl (C=O) groups excluding carboxylic acids is 2. The molecule has 6 nitrogen and oxygen atoms in total. The Kier molecular flexibility index (Phi) is 10.1. The molecule has 1 aliphatic rings. The molecule has 0 saturated carbocycles. The highest BCUT2D eigenvalue weighted by Gasteiger charge is 2.37. The molecule has 0 unspecified atom stereocenters. The lowest BCUT2D eigenvalue weighted by atomic mass is 9.97. The molecule has 4 N–H and O–H groups in total. The van der Waals surface area contributed by atoms with Crippen LogP contribution in [0.2, 0.25) is 10.0 Å². The Bertz CT molecular complexity index is 1450. The van der Waals surface area contributed by atoms with Crippen LogP contribution in [0.1, 0.15) is 34.6 Å². The number of halogens is 3. The van der Waals surface area contributed by atoms with Gasteiger partial charge in [0.1, 0.15) is 16.1 Å². The van der Waals surface area contributed by atoms with Crippen LogP contribution in [0.4, 0.5) is 5.00 Å². The van der Waals surface area contributed by atoms with Crippen LogP contribution in [0.25, 0.3) is 22.8 Å². The number of carbonyl (C=O) groups is 2. The Morgan fingerprint density at radius 2 is 1.45 bits per heavy atom. The summed E-state index contributed by atoms with van der Waals surface area (Å²) in [6.07, 6.45) is 1.88. The molecule has 198 valence electrons. The number of nitrogens with two attached hydrogens (primary N) is 2. The number of thioether (sulfide) groups is 1. The van der Waals surface area contributed by atoms with E-state index in [1.807, 2.05) is 30.3 Å². The fraction of sp³-hybridized carbons (Fsp3) is 0.148. The second kappa shape index (κ2) is 12.9. The maximum Gasteiger partial charge on any atom is 0.346 e. The number of nitrogen functional groups attached to an aromatic ring is 1. The van der Waals surface area contributed by atoms with E-state index >= 15 is 0 Å². The highest BCUT2D eigenvalue weighted by atomic mass is 35.5. The van der Waals surface area contributed by atoms with Crippen LogP contribution in [0.5, 0.6) is 0 Å². The number of rotatable bonds is 7. The third-order valence-electron chi connectivity index (χ3n) is 5.41. The number of esters is 2. The minimum atomic E-state index is -0.517. The van der Waals surface area contributed by atoms with Gasteiger partial charge in [0, 0.05) is 31.0 Å². The van der Waals surface area contributed by atoms with Crippen molar-refractivity contribution in [3.8, 4) is 11.1 Å². The van der Waals surface area contributed by atoms with Gasteiger partial charge in [0.05, 0.1) is 13.2 Å². The van der Waals surface area contributed by atoms with Crippen LogP contribution in [-0.4, -0.2) is 30.2 Å². The predicted molar refractivity (Wildman–Crippen MR) is 153 cm³/mol. The summed E-state index contributed by atoms with van der Waals surface area (Å²) >= 11 is 14.7. The van der Waals surface area contributed by atoms with Crippen LogP contribution >= 0.6 is 46.3 Å². The standard InChI is InChI=1S/C27H22Cl2N2O4S2.ClH/c1-3-34-26(32)22-20(14-5-9-16(28)10-6-14)18(36-24(22)30)13-19-21(15-7-11-17(29)12-8-15)23(25(31)37-19)27(33)35-4-2;/h5-13,30H,3-4,31H2,1-2H3;1H/b18-13+,30-24?;. The number of allylic oxidation sites excluding steroid dienone is 1. The first-order chi connectivity index (χ1) is 17.7. The van der Waals surface area contributed by atoms with Crippen molar-refractivity contribution in [2.24, 2.45) is 0 Å². The zero-order valence-corrected chi connectivity index (χ0v) is 24.2. The van der Waals surface area contributed by atoms with Crippen molar-refractivity contribution in [2.75, 3.05) is 18.9 Å². The van der Waals surface area contributed by atoms with E-state index in [1.165, 1.54) is 23.1 Å². The zero-order valence-electron chi connectivity index (χ0n) is 20.3. The van der Waals surface area contributed by atoms with Gasteiger partial charge in [-0.15, -0.1) is 11.3 Å². The van der Waals surface area contributed by atoms with E-state index in [0.717, 1.165) is 11.1 Å². The summed E-state index contributed by atoms with van der Waals surface area (Å²) in [5.41, 5.74) is 9.63. The minimum Gasteiger partial charge on any atom is -1.00 e. The van der Waals surface area contributed by atoms with E-state index in [2.05, 4.69) is 0 Å². The van der Waals surface area contributed by atoms with Gasteiger partial charge in [-0.1, -0.05) is 47.5 Å². The second-order valence-corrected chi connectivity index (χ2v) is 10.8. The van der Waals surface area contributed by atoms with Crippen molar-refractivity contribution in [1.82, 2.24) is 0 Å². The summed E-state index contributed by atoms with van der Waals surface area (Å²) in [5, 5.41) is 8.10. The van der Waals surface area contributed by atoms with E-state index in [1.54, 1.807) is 38.1 Å². The third kappa shape index (κ3) is 6.11. The van der Waals surface area contributed by atoms with Crippen molar-refractivity contribution in [1.29, 1.82) is 0 Å². The first-order valence-electron chi connectivity index (χ1n) is 11.3. The van der Waals surface area contributed by atoms with Crippen molar-refractivity contribution in [2.45, 2.75) is 13.8 Å². The summed E-state index contributed by atoms with van der Waals surface area (Å²) in [5.74, 6) is -1.03. The van der Waals surface area contributed by atoms with Gasteiger partial charge in [-0.05, 0) is 67.1 Å². The molecule has 2 heterocycles. The van der Waals surface area contributed by atoms with Gasteiger partial charge >= 0.3 is 11.9 Å². The van der Waals surface area contributed by atoms with E-state index in [9.17, 15) is 9.59 Å². The molecule has 2 aromatic carbocycles. The number of ether oxygens (including phenoxy) is 2. The van der Waals surface area contributed by atoms with E-state index in [-0.39, 0.29) is 36.8 Å². The average molecular weight is 610 g/mol. The first kappa shape index (κ1) is 29.8. The quantitative estimate of drug-likeness (QED) is 0.400.